The van der Waals surface area contributed by atoms with Gasteiger partial charge in [-0.1, -0.05) is 26.0 Å². The summed E-state index contributed by atoms with van der Waals surface area (Å²) >= 11 is 0. The number of aromatic nitrogens is 2. The Morgan fingerprint density at radius 3 is 2.52 bits per heavy atom. The summed E-state index contributed by atoms with van der Waals surface area (Å²) in [6.45, 7) is 4.55. The van der Waals surface area contributed by atoms with Crippen LogP contribution in [-0.4, -0.2) is 25.2 Å². The quantitative estimate of drug-likeness (QED) is 0.619. The van der Waals surface area contributed by atoms with Gasteiger partial charge in [0.25, 0.3) is 10.0 Å². The normalized spacial score (nSPS) is 11.5. The molecule has 29 heavy (non-hydrogen) atoms. The van der Waals surface area contributed by atoms with Crippen molar-refractivity contribution in [2.45, 2.75) is 18.7 Å². The number of halogens is 2. The topological polar surface area (TPSA) is 81.2 Å². The predicted octanol–water partition coefficient (Wildman–Crippen LogP) is 4.26. The number of benzene rings is 2. The Morgan fingerprint density at radius 2 is 1.83 bits per heavy atom. The van der Waals surface area contributed by atoms with Gasteiger partial charge in [-0.3, -0.25) is 4.72 Å². The van der Waals surface area contributed by atoms with Crippen molar-refractivity contribution in [2.24, 2.45) is 5.92 Å². The SMILES string of the molecule is CC(C)COc1ccc(-c2cccc(NS(=O)(=O)c3cc(F)ccc3F)c2)nn1. The Bertz CT molecular complexity index is 1100. The zero-order valence-corrected chi connectivity index (χ0v) is 16.6. The maximum atomic E-state index is 13.8. The molecule has 0 unspecified atom stereocenters. The minimum Gasteiger partial charge on any atom is -0.476 e. The first kappa shape index (κ1) is 20.7. The third-order valence-electron chi connectivity index (χ3n) is 3.80. The lowest BCUT2D eigenvalue weighted by Crippen LogP contribution is -2.15. The van der Waals surface area contributed by atoms with Crippen molar-refractivity contribution in [3.05, 3.63) is 66.2 Å². The van der Waals surface area contributed by atoms with Crippen LogP contribution in [0, 0.1) is 17.6 Å². The average Bonchev–Trinajstić information content (AvgIpc) is 2.68. The predicted molar refractivity (Wildman–Crippen MR) is 105 cm³/mol. The summed E-state index contributed by atoms with van der Waals surface area (Å²) < 4.78 is 59.8. The number of anilines is 1. The summed E-state index contributed by atoms with van der Waals surface area (Å²) in [4.78, 5) is -0.769. The van der Waals surface area contributed by atoms with E-state index in [0.29, 0.717) is 35.7 Å². The molecule has 2 aromatic carbocycles. The third kappa shape index (κ3) is 5.26. The molecule has 6 nitrogen and oxygen atoms in total. The van der Waals surface area contributed by atoms with Gasteiger partial charge in [0.05, 0.1) is 12.3 Å². The molecule has 152 valence electrons. The highest BCUT2D eigenvalue weighted by molar-refractivity contribution is 7.92. The first-order valence-electron chi connectivity index (χ1n) is 8.79. The van der Waals surface area contributed by atoms with Crippen molar-refractivity contribution in [1.29, 1.82) is 0 Å². The summed E-state index contributed by atoms with van der Waals surface area (Å²) in [6.07, 6.45) is 0. The maximum absolute atomic E-state index is 13.8. The van der Waals surface area contributed by atoms with Gasteiger partial charge in [0.15, 0.2) is 0 Å². The highest BCUT2D eigenvalue weighted by Gasteiger charge is 2.20. The average molecular weight is 419 g/mol. The van der Waals surface area contributed by atoms with Gasteiger partial charge >= 0.3 is 0 Å². The molecule has 0 spiro atoms. The van der Waals surface area contributed by atoms with Crippen LogP contribution in [-0.2, 0) is 10.0 Å². The van der Waals surface area contributed by atoms with Crippen LogP contribution >= 0.6 is 0 Å². The molecule has 9 heteroatoms. The molecule has 0 fully saturated rings. The summed E-state index contributed by atoms with van der Waals surface area (Å²) in [7, 11) is -4.31. The Morgan fingerprint density at radius 1 is 1.03 bits per heavy atom. The maximum Gasteiger partial charge on any atom is 0.264 e. The molecule has 0 aliphatic heterocycles. The van der Waals surface area contributed by atoms with E-state index in [1.807, 2.05) is 13.8 Å². The fraction of sp³-hybridized carbons (Fsp3) is 0.200. The van der Waals surface area contributed by atoms with E-state index in [0.717, 1.165) is 12.1 Å². The lowest BCUT2D eigenvalue weighted by Gasteiger charge is -2.11. The summed E-state index contributed by atoms with van der Waals surface area (Å²) in [6, 6.07) is 12.0. The fourth-order valence-corrected chi connectivity index (χ4v) is 3.58. The van der Waals surface area contributed by atoms with Crippen LogP contribution in [0.2, 0.25) is 0 Å². The lowest BCUT2D eigenvalue weighted by molar-refractivity contribution is 0.258. The number of hydrogen-bond donors (Lipinski definition) is 1. The largest absolute Gasteiger partial charge is 0.476 e. The smallest absolute Gasteiger partial charge is 0.264 e. The second-order valence-electron chi connectivity index (χ2n) is 6.72. The lowest BCUT2D eigenvalue weighted by atomic mass is 10.1. The Hall–Kier alpha value is -3.07. The molecule has 0 saturated carbocycles. The molecule has 1 heterocycles. The minimum absolute atomic E-state index is 0.174. The van der Waals surface area contributed by atoms with Crippen LogP contribution in [0.5, 0.6) is 5.88 Å². The minimum atomic E-state index is -4.31. The number of hydrogen-bond acceptors (Lipinski definition) is 5. The van der Waals surface area contributed by atoms with Gasteiger partial charge in [-0.25, -0.2) is 17.2 Å². The molecule has 0 radical (unpaired) electrons. The molecule has 1 aromatic heterocycles. The van der Waals surface area contributed by atoms with E-state index in [1.165, 1.54) is 12.1 Å². The van der Waals surface area contributed by atoms with Crippen LogP contribution in [0.15, 0.2) is 59.5 Å². The zero-order valence-electron chi connectivity index (χ0n) is 15.8. The Labute approximate surface area is 167 Å². The summed E-state index contributed by atoms with van der Waals surface area (Å²) in [5, 5.41) is 8.08. The van der Waals surface area contributed by atoms with E-state index < -0.39 is 26.6 Å². The van der Waals surface area contributed by atoms with Gasteiger partial charge in [-0.2, -0.15) is 0 Å². The summed E-state index contributed by atoms with van der Waals surface area (Å²) in [5.41, 5.74) is 1.26. The summed E-state index contributed by atoms with van der Waals surface area (Å²) in [5.74, 6) is -1.15. The number of rotatable bonds is 7. The molecule has 0 bridgehead atoms. The van der Waals surface area contributed by atoms with Gasteiger partial charge in [-0.15, -0.1) is 10.2 Å². The monoisotopic (exact) mass is 419 g/mol. The van der Waals surface area contributed by atoms with E-state index in [1.54, 1.807) is 24.3 Å². The molecule has 1 N–H and O–H groups in total. The van der Waals surface area contributed by atoms with Gasteiger partial charge in [0.2, 0.25) is 5.88 Å². The van der Waals surface area contributed by atoms with Gasteiger partial charge in [-0.05, 0) is 42.3 Å². The van der Waals surface area contributed by atoms with Crippen LogP contribution in [0.3, 0.4) is 0 Å². The molecule has 0 atom stereocenters. The molecule has 0 saturated heterocycles. The Balaban J connectivity index is 1.81. The second-order valence-corrected chi connectivity index (χ2v) is 8.37. The van der Waals surface area contributed by atoms with Crippen LogP contribution < -0.4 is 9.46 Å². The number of nitrogens with one attached hydrogen (secondary N) is 1. The van der Waals surface area contributed by atoms with E-state index >= 15 is 0 Å². The standard InChI is InChI=1S/C20H19F2N3O3S/c1-13(2)12-28-20-9-8-18(23-24-20)14-4-3-5-16(10-14)25-29(26,27)19-11-15(21)6-7-17(19)22/h3-11,13,25H,12H2,1-2H3. The first-order chi connectivity index (χ1) is 13.7. The van der Waals surface area contributed by atoms with Gasteiger partial charge in [0.1, 0.15) is 16.5 Å². The van der Waals surface area contributed by atoms with E-state index in [4.69, 9.17) is 4.74 Å². The number of nitrogens with zero attached hydrogens (tertiary/aromatic N) is 2. The number of ether oxygens (including phenoxy) is 1. The first-order valence-corrected chi connectivity index (χ1v) is 10.3. The molecule has 0 aliphatic carbocycles. The number of sulfonamides is 1. The van der Waals surface area contributed by atoms with Crippen molar-refractivity contribution in [2.75, 3.05) is 11.3 Å². The molecule has 3 aromatic rings. The van der Waals surface area contributed by atoms with Crippen molar-refractivity contribution < 1.29 is 21.9 Å². The third-order valence-corrected chi connectivity index (χ3v) is 5.19. The van der Waals surface area contributed by atoms with Crippen molar-refractivity contribution in [1.82, 2.24) is 10.2 Å². The van der Waals surface area contributed by atoms with Crippen molar-refractivity contribution >= 4 is 15.7 Å². The van der Waals surface area contributed by atoms with E-state index in [2.05, 4.69) is 14.9 Å². The van der Waals surface area contributed by atoms with Crippen LogP contribution in [0.4, 0.5) is 14.5 Å². The fourth-order valence-electron chi connectivity index (χ4n) is 2.44. The molecule has 0 aliphatic rings. The van der Waals surface area contributed by atoms with E-state index in [9.17, 15) is 17.2 Å². The molecular weight excluding hydrogens is 400 g/mol. The Kier molecular flexibility index (Phi) is 6.07. The highest BCUT2D eigenvalue weighted by Crippen LogP contribution is 2.24. The van der Waals surface area contributed by atoms with Gasteiger partial charge < -0.3 is 4.74 Å². The van der Waals surface area contributed by atoms with Crippen molar-refractivity contribution in [3.63, 3.8) is 0 Å². The molecular formula is C20H19F2N3O3S. The second kappa shape index (κ2) is 8.52. The van der Waals surface area contributed by atoms with Crippen LogP contribution in [0.25, 0.3) is 11.3 Å². The highest BCUT2D eigenvalue weighted by atomic mass is 32.2. The molecule has 0 amide bonds. The molecule has 3 rings (SSSR count). The van der Waals surface area contributed by atoms with Gasteiger partial charge in [0, 0.05) is 17.3 Å². The van der Waals surface area contributed by atoms with Crippen molar-refractivity contribution in [3.8, 4) is 17.1 Å². The van der Waals surface area contributed by atoms with E-state index in [-0.39, 0.29) is 5.69 Å². The van der Waals surface area contributed by atoms with Crippen LogP contribution in [0.1, 0.15) is 13.8 Å². The zero-order chi connectivity index (χ0) is 21.0.